The van der Waals surface area contributed by atoms with Gasteiger partial charge in [-0.2, -0.15) is 5.10 Å². The molecule has 0 bridgehead atoms. The number of nitrogens with zero attached hydrogens (tertiary/aromatic N) is 3. The van der Waals surface area contributed by atoms with E-state index in [0.29, 0.717) is 6.04 Å². The van der Waals surface area contributed by atoms with Gasteiger partial charge in [-0.05, 0) is 44.0 Å². The highest BCUT2D eigenvalue weighted by atomic mass is 15.2. The number of rotatable bonds is 3. The molecule has 0 spiro atoms. The van der Waals surface area contributed by atoms with E-state index in [1.54, 1.807) is 0 Å². The van der Waals surface area contributed by atoms with Crippen LogP contribution in [0.4, 0.5) is 0 Å². The number of benzene rings is 1. The van der Waals surface area contributed by atoms with Crippen molar-refractivity contribution in [3.63, 3.8) is 0 Å². The predicted molar refractivity (Wildman–Crippen MR) is 77.9 cm³/mol. The lowest BCUT2D eigenvalue weighted by Crippen LogP contribution is -2.23. The van der Waals surface area contributed by atoms with Crippen molar-refractivity contribution < 1.29 is 0 Å². The molecule has 19 heavy (non-hydrogen) atoms. The molecule has 3 heteroatoms. The fourth-order valence-corrected chi connectivity index (χ4v) is 2.86. The third-order valence-corrected chi connectivity index (χ3v) is 4.12. The normalized spacial score (nSPS) is 17.8. The topological polar surface area (TPSA) is 21.1 Å². The van der Waals surface area contributed by atoms with Crippen LogP contribution in [0.25, 0.3) is 11.1 Å². The maximum atomic E-state index is 4.22. The first-order valence-electron chi connectivity index (χ1n) is 7.07. The van der Waals surface area contributed by atoms with E-state index in [1.807, 2.05) is 17.9 Å². The smallest absolute Gasteiger partial charge is 0.0568 e. The Kier molecular flexibility index (Phi) is 3.38. The molecule has 1 saturated heterocycles. The molecule has 1 aliphatic heterocycles. The summed E-state index contributed by atoms with van der Waals surface area (Å²) in [5.41, 5.74) is 3.84. The highest BCUT2D eigenvalue weighted by Gasteiger charge is 2.19. The summed E-state index contributed by atoms with van der Waals surface area (Å²) in [5.74, 6) is 0. The van der Waals surface area contributed by atoms with Crippen molar-refractivity contribution >= 4 is 0 Å². The Morgan fingerprint density at radius 1 is 1.05 bits per heavy atom. The van der Waals surface area contributed by atoms with E-state index < -0.39 is 0 Å². The summed E-state index contributed by atoms with van der Waals surface area (Å²) in [5, 5.41) is 4.22. The number of hydrogen-bond donors (Lipinski definition) is 0. The van der Waals surface area contributed by atoms with Crippen molar-refractivity contribution in [2.75, 3.05) is 13.1 Å². The molecule has 1 fully saturated rings. The molecule has 3 nitrogen and oxygen atoms in total. The molecule has 0 aliphatic carbocycles. The quantitative estimate of drug-likeness (QED) is 0.839. The van der Waals surface area contributed by atoms with Crippen molar-refractivity contribution in [1.82, 2.24) is 14.7 Å². The van der Waals surface area contributed by atoms with Gasteiger partial charge in [-0.3, -0.25) is 9.58 Å². The van der Waals surface area contributed by atoms with Crippen LogP contribution in [0.3, 0.4) is 0 Å². The molecule has 100 valence electrons. The molecule has 0 unspecified atom stereocenters. The van der Waals surface area contributed by atoms with E-state index in [4.69, 9.17) is 0 Å². The first-order chi connectivity index (χ1) is 9.24. The fraction of sp³-hybridized carbons (Fsp3) is 0.438. The molecule has 1 aromatic carbocycles. The van der Waals surface area contributed by atoms with Crippen LogP contribution in [0.15, 0.2) is 36.7 Å². The Hall–Kier alpha value is -1.61. The first-order valence-corrected chi connectivity index (χ1v) is 7.07. The van der Waals surface area contributed by atoms with Gasteiger partial charge in [-0.15, -0.1) is 0 Å². The van der Waals surface area contributed by atoms with E-state index in [0.717, 1.165) is 0 Å². The molecule has 2 heterocycles. The van der Waals surface area contributed by atoms with E-state index in [2.05, 4.69) is 47.4 Å². The molecule has 3 rings (SSSR count). The average Bonchev–Trinajstić information content (AvgIpc) is 3.09. The van der Waals surface area contributed by atoms with Gasteiger partial charge in [0.25, 0.3) is 0 Å². The summed E-state index contributed by atoms with van der Waals surface area (Å²) in [6, 6.07) is 9.46. The summed E-state index contributed by atoms with van der Waals surface area (Å²) in [6.07, 6.45) is 6.66. The van der Waals surface area contributed by atoms with Crippen LogP contribution in [0.2, 0.25) is 0 Å². The minimum absolute atomic E-state index is 0.533. The zero-order valence-corrected chi connectivity index (χ0v) is 11.7. The van der Waals surface area contributed by atoms with Gasteiger partial charge in [0.2, 0.25) is 0 Å². The van der Waals surface area contributed by atoms with Crippen LogP contribution >= 0.6 is 0 Å². The second-order valence-electron chi connectivity index (χ2n) is 5.44. The van der Waals surface area contributed by atoms with Gasteiger partial charge in [-0.1, -0.05) is 24.3 Å². The summed E-state index contributed by atoms with van der Waals surface area (Å²) in [6.45, 7) is 4.79. The molecule has 1 aromatic heterocycles. The molecule has 1 aliphatic rings. The highest BCUT2D eigenvalue weighted by molar-refractivity contribution is 5.62. The Bertz CT molecular complexity index is 535. The maximum Gasteiger partial charge on any atom is 0.0568 e. The average molecular weight is 255 g/mol. The molecule has 0 N–H and O–H groups in total. The Morgan fingerprint density at radius 3 is 2.32 bits per heavy atom. The van der Waals surface area contributed by atoms with Gasteiger partial charge in [0.15, 0.2) is 0 Å². The molecule has 0 radical (unpaired) electrons. The molecular weight excluding hydrogens is 234 g/mol. The Balaban J connectivity index is 1.78. The third-order valence-electron chi connectivity index (χ3n) is 4.12. The van der Waals surface area contributed by atoms with Crippen LogP contribution < -0.4 is 0 Å². The number of aromatic nitrogens is 2. The SMILES string of the molecule is C[C@@H](c1ccc(-c2cnn(C)c2)cc1)N1CCCC1. The van der Waals surface area contributed by atoms with Crippen molar-refractivity contribution in [1.29, 1.82) is 0 Å². The maximum absolute atomic E-state index is 4.22. The minimum Gasteiger partial charge on any atom is -0.297 e. The van der Waals surface area contributed by atoms with E-state index in [9.17, 15) is 0 Å². The van der Waals surface area contributed by atoms with E-state index in [-0.39, 0.29) is 0 Å². The van der Waals surface area contributed by atoms with E-state index >= 15 is 0 Å². The number of likely N-dealkylation sites (tertiary alicyclic amines) is 1. The summed E-state index contributed by atoms with van der Waals surface area (Å²) in [7, 11) is 1.95. The lowest BCUT2D eigenvalue weighted by molar-refractivity contribution is 0.263. The summed E-state index contributed by atoms with van der Waals surface area (Å²) in [4.78, 5) is 2.57. The Labute approximate surface area is 114 Å². The molecular formula is C16H21N3. The van der Waals surface area contributed by atoms with Crippen molar-refractivity contribution in [3.8, 4) is 11.1 Å². The van der Waals surface area contributed by atoms with Gasteiger partial charge in [0, 0.05) is 24.8 Å². The second kappa shape index (κ2) is 5.17. The zero-order chi connectivity index (χ0) is 13.2. The largest absolute Gasteiger partial charge is 0.297 e. The summed E-state index contributed by atoms with van der Waals surface area (Å²) < 4.78 is 1.84. The standard InChI is InChI=1S/C16H21N3/c1-13(19-9-3-4-10-19)14-5-7-15(8-6-14)16-11-17-18(2)12-16/h5-8,11-13H,3-4,9-10H2,1-2H3/t13-/m0/s1. The first kappa shape index (κ1) is 12.4. The monoisotopic (exact) mass is 255 g/mol. The Morgan fingerprint density at radius 2 is 1.74 bits per heavy atom. The van der Waals surface area contributed by atoms with Crippen molar-refractivity contribution in [2.24, 2.45) is 7.05 Å². The number of hydrogen-bond acceptors (Lipinski definition) is 2. The van der Waals surface area contributed by atoms with E-state index in [1.165, 1.54) is 42.6 Å². The van der Waals surface area contributed by atoms with Gasteiger partial charge in [0.1, 0.15) is 0 Å². The molecule has 1 atom stereocenters. The number of aryl methyl sites for hydroxylation is 1. The van der Waals surface area contributed by atoms with Crippen molar-refractivity contribution in [2.45, 2.75) is 25.8 Å². The predicted octanol–water partition coefficient (Wildman–Crippen LogP) is 3.24. The molecule has 0 saturated carbocycles. The summed E-state index contributed by atoms with van der Waals surface area (Å²) >= 11 is 0. The van der Waals surface area contributed by atoms with Gasteiger partial charge < -0.3 is 0 Å². The van der Waals surface area contributed by atoms with Crippen LogP contribution in [0.1, 0.15) is 31.4 Å². The van der Waals surface area contributed by atoms with Crippen LogP contribution in [-0.2, 0) is 7.05 Å². The second-order valence-corrected chi connectivity index (χ2v) is 5.44. The fourth-order valence-electron chi connectivity index (χ4n) is 2.86. The van der Waals surface area contributed by atoms with Crippen molar-refractivity contribution in [3.05, 3.63) is 42.2 Å². The van der Waals surface area contributed by atoms with Gasteiger partial charge >= 0.3 is 0 Å². The lowest BCUT2D eigenvalue weighted by Gasteiger charge is -2.24. The minimum atomic E-state index is 0.533. The highest BCUT2D eigenvalue weighted by Crippen LogP contribution is 2.26. The van der Waals surface area contributed by atoms with Gasteiger partial charge in [-0.25, -0.2) is 0 Å². The molecule has 0 amide bonds. The van der Waals surface area contributed by atoms with Crippen LogP contribution in [-0.4, -0.2) is 27.8 Å². The van der Waals surface area contributed by atoms with Crippen LogP contribution in [0, 0.1) is 0 Å². The molecule has 2 aromatic rings. The van der Waals surface area contributed by atoms with Crippen LogP contribution in [0.5, 0.6) is 0 Å². The van der Waals surface area contributed by atoms with Gasteiger partial charge in [0.05, 0.1) is 6.20 Å². The zero-order valence-electron chi connectivity index (χ0n) is 11.7. The lowest BCUT2D eigenvalue weighted by atomic mass is 10.0. The third kappa shape index (κ3) is 2.56.